The molecule has 4 nitrogen and oxygen atoms in total. The van der Waals surface area contributed by atoms with E-state index >= 15 is 0 Å². The Balaban J connectivity index is 1.74. The number of carbonyl (C=O) groups excluding carboxylic acids is 1. The Labute approximate surface area is 161 Å². The van der Waals surface area contributed by atoms with Crippen LogP contribution in [-0.4, -0.2) is 27.3 Å². The van der Waals surface area contributed by atoms with Crippen LogP contribution in [-0.2, 0) is 15.9 Å². The largest absolute Gasteiger partial charge is 0.497 e. The van der Waals surface area contributed by atoms with E-state index in [2.05, 4.69) is 24.3 Å². The molecule has 1 aromatic rings. The summed E-state index contributed by atoms with van der Waals surface area (Å²) in [7, 11) is 4.83. The van der Waals surface area contributed by atoms with Gasteiger partial charge in [0.05, 0.1) is 26.9 Å². The van der Waals surface area contributed by atoms with Crippen molar-refractivity contribution in [3.63, 3.8) is 0 Å². The van der Waals surface area contributed by atoms with Gasteiger partial charge in [0.1, 0.15) is 11.5 Å². The molecule has 4 heteroatoms. The van der Waals surface area contributed by atoms with Crippen molar-refractivity contribution in [1.82, 2.24) is 0 Å². The van der Waals surface area contributed by atoms with E-state index < -0.39 is 0 Å². The molecule has 0 aromatic heterocycles. The Morgan fingerprint density at radius 2 is 1.93 bits per heavy atom. The average molecular weight is 368 g/mol. The highest BCUT2D eigenvalue weighted by Gasteiger charge is 2.43. The minimum atomic E-state index is -0.263. The fourth-order valence-electron chi connectivity index (χ4n) is 5.46. The first-order valence-corrected chi connectivity index (χ1v) is 9.87. The molecule has 0 heterocycles. The van der Waals surface area contributed by atoms with Crippen LogP contribution in [0.15, 0.2) is 36.1 Å². The molecule has 0 amide bonds. The van der Waals surface area contributed by atoms with E-state index in [-0.39, 0.29) is 5.97 Å². The number of rotatable bonds is 4. The summed E-state index contributed by atoms with van der Waals surface area (Å²) in [5.41, 5.74) is 3.15. The molecule has 1 saturated carbocycles. The van der Waals surface area contributed by atoms with Crippen LogP contribution in [0, 0.1) is 17.8 Å². The molecule has 4 atom stereocenters. The normalized spacial score (nSPS) is 28.8. The Bertz CT molecular complexity index is 792. The van der Waals surface area contributed by atoms with E-state index in [0.717, 1.165) is 24.4 Å². The maximum absolute atomic E-state index is 12.5. The summed E-state index contributed by atoms with van der Waals surface area (Å²) in [4.78, 5) is 12.5. The number of allylic oxidation sites excluding steroid dienone is 3. The molecular formula is C23H28O4. The minimum Gasteiger partial charge on any atom is -0.497 e. The second kappa shape index (κ2) is 7.41. The number of benzene rings is 1. The third-order valence-electron chi connectivity index (χ3n) is 6.74. The maximum atomic E-state index is 12.5. The van der Waals surface area contributed by atoms with Gasteiger partial charge in [-0.1, -0.05) is 12.5 Å². The van der Waals surface area contributed by atoms with Crippen molar-refractivity contribution < 1.29 is 19.0 Å². The van der Waals surface area contributed by atoms with Gasteiger partial charge in [-0.05, 0) is 84.8 Å². The zero-order valence-corrected chi connectivity index (χ0v) is 16.4. The van der Waals surface area contributed by atoms with Crippen LogP contribution in [0.25, 0.3) is 0 Å². The number of carbonyl (C=O) groups is 1. The first kappa shape index (κ1) is 18.1. The summed E-state index contributed by atoms with van der Waals surface area (Å²) in [6.45, 7) is 0. The molecule has 1 fully saturated rings. The van der Waals surface area contributed by atoms with Crippen LogP contribution >= 0.6 is 0 Å². The number of ether oxygens (including phenoxy) is 3. The SMILES string of the molecule is COC(=O)c1cc(OC)cc2c1C[C@@H](C1C=CC(OC)=CC1)[C@H]1CCC[C@@H]21. The van der Waals surface area contributed by atoms with Crippen LogP contribution in [0.1, 0.15) is 53.1 Å². The lowest BCUT2D eigenvalue weighted by atomic mass is 9.64. The van der Waals surface area contributed by atoms with Crippen molar-refractivity contribution in [2.75, 3.05) is 21.3 Å². The van der Waals surface area contributed by atoms with Gasteiger partial charge in [0, 0.05) is 0 Å². The Hall–Kier alpha value is -2.23. The predicted octanol–water partition coefficient (Wildman–Crippen LogP) is 4.64. The first-order chi connectivity index (χ1) is 13.2. The summed E-state index contributed by atoms with van der Waals surface area (Å²) in [6.07, 6.45) is 12.3. The Kier molecular flexibility index (Phi) is 4.98. The molecule has 0 aliphatic heterocycles. The minimum absolute atomic E-state index is 0.263. The van der Waals surface area contributed by atoms with Crippen molar-refractivity contribution in [2.24, 2.45) is 17.8 Å². The van der Waals surface area contributed by atoms with E-state index in [4.69, 9.17) is 14.2 Å². The van der Waals surface area contributed by atoms with Crippen molar-refractivity contribution in [3.05, 3.63) is 52.8 Å². The molecule has 27 heavy (non-hydrogen) atoms. The zero-order chi connectivity index (χ0) is 19.0. The number of methoxy groups -OCH3 is 3. The van der Waals surface area contributed by atoms with Gasteiger partial charge in [-0.3, -0.25) is 0 Å². The molecule has 1 aromatic carbocycles. The summed E-state index contributed by atoms with van der Waals surface area (Å²) >= 11 is 0. The zero-order valence-electron chi connectivity index (χ0n) is 16.4. The Morgan fingerprint density at radius 3 is 2.59 bits per heavy atom. The molecule has 4 rings (SSSR count). The van der Waals surface area contributed by atoms with Crippen molar-refractivity contribution in [2.45, 2.75) is 38.0 Å². The smallest absolute Gasteiger partial charge is 0.338 e. The lowest BCUT2D eigenvalue weighted by Crippen LogP contribution is -2.33. The van der Waals surface area contributed by atoms with Gasteiger partial charge in [-0.25, -0.2) is 4.79 Å². The fourth-order valence-corrected chi connectivity index (χ4v) is 5.46. The summed E-state index contributed by atoms with van der Waals surface area (Å²) in [5.74, 6) is 3.67. The number of hydrogen-bond acceptors (Lipinski definition) is 4. The molecule has 1 unspecified atom stereocenters. The van der Waals surface area contributed by atoms with Gasteiger partial charge in [0.15, 0.2) is 0 Å². The van der Waals surface area contributed by atoms with E-state index in [9.17, 15) is 4.79 Å². The number of fused-ring (bicyclic) bond motifs is 3. The lowest BCUT2D eigenvalue weighted by Gasteiger charge is -2.40. The summed E-state index contributed by atoms with van der Waals surface area (Å²) < 4.78 is 15.9. The second-order valence-electron chi connectivity index (χ2n) is 7.87. The highest BCUT2D eigenvalue weighted by atomic mass is 16.5. The standard InChI is InChI=1S/C23H28O4/c1-25-15-9-7-14(8-10-15)19-13-21-20(18-6-4-5-17(18)19)11-16(26-2)12-22(21)23(24)27-3/h7,9-12,14,17-19H,4-6,8,13H2,1-3H3/t14?,17-,18+,19-/m0/s1. The molecular weight excluding hydrogens is 340 g/mol. The van der Waals surface area contributed by atoms with Crippen LogP contribution in [0.2, 0.25) is 0 Å². The van der Waals surface area contributed by atoms with Crippen LogP contribution in [0.5, 0.6) is 5.75 Å². The fraction of sp³-hybridized carbons (Fsp3) is 0.522. The molecule has 0 bridgehead atoms. The van der Waals surface area contributed by atoms with E-state index in [0.29, 0.717) is 29.2 Å². The molecule has 0 N–H and O–H groups in total. The lowest BCUT2D eigenvalue weighted by molar-refractivity contribution is 0.0597. The molecule has 0 radical (unpaired) electrons. The van der Waals surface area contributed by atoms with Gasteiger partial charge in [0.25, 0.3) is 0 Å². The average Bonchev–Trinajstić information content (AvgIpc) is 3.22. The van der Waals surface area contributed by atoms with Crippen molar-refractivity contribution in [1.29, 1.82) is 0 Å². The van der Waals surface area contributed by atoms with Crippen LogP contribution in [0.3, 0.4) is 0 Å². The maximum Gasteiger partial charge on any atom is 0.338 e. The predicted molar refractivity (Wildman–Crippen MR) is 104 cm³/mol. The third kappa shape index (κ3) is 3.15. The number of hydrogen-bond donors (Lipinski definition) is 0. The summed E-state index contributed by atoms with van der Waals surface area (Å²) in [6, 6.07) is 4.00. The Morgan fingerprint density at radius 1 is 1.07 bits per heavy atom. The van der Waals surface area contributed by atoms with E-state index in [1.54, 1.807) is 14.2 Å². The second-order valence-corrected chi connectivity index (χ2v) is 7.87. The van der Waals surface area contributed by atoms with Gasteiger partial charge in [-0.15, -0.1) is 0 Å². The highest BCUT2D eigenvalue weighted by molar-refractivity contribution is 5.92. The highest BCUT2D eigenvalue weighted by Crippen LogP contribution is 2.53. The molecule has 3 aliphatic carbocycles. The topological polar surface area (TPSA) is 44.8 Å². The van der Waals surface area contributed by atoms with E-state index in [1.807, 2.05) is 6.07 Å². The van der Waals surface area contributed by atoms with Crippen molar-refractivity contribution >= 4 is 5.97 Å². The summed E-state index contributed by atoms with van der Waals surface area (Å²) in [5, 5.41) is 0. The number of esters is 1. The molecule has 0 spiro atoms. The molecule has 144 valence electrons. The van der Waals surface area contributed by atoms with Crippen LogP contribution in [0.4, 0.5) is 0 Å². The van der Waals surface area contributed by atoms with Crippen LogP contribution < -0.4 is 4.74 Å². The quantitative estimate of drug-likeness (QED) is 0.726. The van der Waals surface area contributed by atoms with Crippen molar-refractivity contribution in [3.8, 4) is 5.75 Å². The van der Waals surface area contributed by atoms with Gasteiger partial charge >= 0.3 is 5.97 Å². The third-order valence-corrected chi connectivity index (χ3v) is 6.74. The van der Waals surface area contributed by atoms with Gasteiger partial charge < -0.3 is 14.2 Å². The first-order valence-electron chi connectivity index (χ1n) is 9.87. The van der Waals surface area contributed by atoms with Gasteiger partial charge in [0.2, 0.25) is 0 Å². The molecule has 0 saturated heterocycles. The van der Waals surface area contributed by atoms with E-state index in [1.165, 1.54) is 37.5 Å². The molecule has 3 aliphatic rings. The van der Waals surface area contributed by atoms with Gasteiger partial charge in [-0.2, -0.15) is 0 Å². The monoisotopic (exact) mass is 368 g/mol.